The van der Waals surface area contributed by atoms with Gasteiger partial charge in [-0.25, -0.2) is 4.98 Å². The van der Waals surface area contributed by atoms with Crippen LogP contribution >= 0.6 is 38.6 Å². The van der Waals surface area contributed by atoms with Crippen LogP contribution in [-0.2, 0) is 0 Å². The van der Waals surface area contributed by atoms with E-state index in [4.69, 9.17) is 15.1 Å². The van der Waals surface area contributed by atoms with Gasteiger partial charge >= 0.3 is 6.01 Å². The smallest absolute Gasteiger partial charge is 0.313 e. The summed E-state index contributed by atoms with van der Waals surface area (Å²) >= 11 is 6.81. The molecule has 0 unspecified atom stereocenters. The molecule has 114 valence electrons. The second-order valence-corrected chi connectivity index (χ2v) is 7.29. The van der Waals surface area contributed by atoms with Crippen LogP contribution < -0.4 is 5.73 Å². The summed E-state index contributed by atoms with van der Waals surface area (Å²) in [6.45, 7) is 0. The van der Waals surface area contributed by atoms with E-state index < -0.39 is 0 Å². The molecule has 23 heavy (non-hydrogen) atoms. The van der Waals surface area contributed by atoms with Gasteiger partial charge in [0.2, 0.25) is 5.89 Å². The van der Waals surface area contributed by atoms with Gasteiger partial charge in [-0.2, -0.15) is 0 Å². The maximum absolute atomic E-state index is 5.48. The van der Waals surface area contributed by atoms with Crippen molar-refractivity contribution < 1.29 is 4.42 Å². The fourth-order valence-electron chi connectivity index (χ4n) is 2.12. The molecule has 3 aromatic heterocycles. The number of aromatic nitrogens is 3. The summed E-state index contributed by atoms with van der Waals surface area (Å²) in [6, 6.07) is 9.91. The van der Waals surface area contributed by atoms with Crippen molar-refractivity contribution >= 4 is 44.6 Å². The van der Waals surface area contributed by atoms with Crippen LogP contribution in [0.3, 0.4) is 0 Å². The molecule has 0 spiro atoms. The van der Waals surface area contributed by atoms with Gasteiger partial charge in [0.1, 0.15) is 5.01 Å². The van der Waals surface area contributed by atoms with Crippen molar-refractivity contribution in [2.75, 3.05) is 5.73 Å². The highest BCUT2D eigenvalue weighted by atomic mass is 79.9. The van der Waals surface area contributed by atoms with Crippen LogP contribution in [0.4, 0.5) is 6.01 Å². The number of rotatable bonds is 3. The number of thiophene rings is 1. The topological polar surface area (TPSA) is 77.8 Å². The second kappa shape index (κ2) is 5.88. The number of nitrogen functional groups attached to an aromatic ring is 1. The first-order chi connectivity index (χ1) is 11.2. The van der Waals surface area contributed by atoms with Crippen molar-refractivity contribution in [3.8, 4) is 32.6 Å². The lowest BCUT2D eigenvalue weighted by Crippen LogP contribution is -1.82. The lowest BCUT2D eigenvalue weighted by atomic mass is 10.1. The number of hydrogen-bond donors (Lipinski definition) is 1. The van der Waals surface area contributed by atoms with Crippen molar-refractivity contribution in [2.45, 2.75) is 0 Å². The Kier molecular flexibility index (Phi) is 3.72. The minimum atomic E-state index is 0.0597. The predicted octanol–water partition coefficient (Wildman–Crippen LogP) is 4.93. The third kappa shape index (κ3) is 2.80. The fraction of sp³-hybridized carbons (Fsp3) is 0. The van der Waals surface area contributed by atoms with Crippen molar-refractivity contribution in [1.82, 2.24) is 15.2 Å². The van der Waals surface area contributed by atoms with Gasteiger partial charge < -0.3 is 10.2 Å². The third-order valence-electron chi connectivity index (χ3n) is 3.15. The highest BCUT2D eigenvalue weighted by molar-refractivity contribution is 9.10. The van der Waals surface area contributed by atoms with Gasteiger partial charge in [0, 0.05) is 21.0 Å². The molecule has 0 amide bonds. The van der Waals surface area contributed by atoms with E-state index in [0.717, 1.165) is 31.2 Å². The van der Waals surface area contributed by atoms with Crippen molar-refractivity contribution in [3.63, 3.8) is 0 Å². The molecule has 0 atom stereocenters. The number of thiazole rings is 1. The number of hydrogen-bond acceptors (Lipinski definition) is 7. The Hall–Kier alpha value is -2.03. The average Bonchev–Trinajstić information content (AvgIpc) is 3.27. The maximum atomic E-state index is 5.48. The molecular formula is C15H9BrN4OS2. The number of halogens is 1. The molecule has 0 aliphatic carbocycles. The molecule has 0 bridgehead atoms. The van der Waals surface area contributed by atoms with E-state index in [1.807, 2.05) is 35.7 Å². The number of benzene rings is 1. The monoisotopic (exact) mass is 404 g/mol. The third-order valence-corrected chi connectivity index (χ3v) is 5.90. The van der Waals surface area contributed by atoms with Gasteiger partial charge in [0.25, 0.3) is 0 Å². The van der Waals surface area contributed by atoms with Gasteiger partial charge in [0.05, 0.1) is 10.6 Å². The summed E-state index contributed by atoms with van der Waals surface area (Å²) < 4.78 is 6.34. The molecule has 0 saturated carbocycles. The summed E-state index contributed by atoms with van der Waals surface area (Å²) in [5.41, 5.74) is 8.28. The molecule has 4 rings (SSSR count). The number of nitrogens with zero attached hydrogens (tertiary/aromatic N) is 3. The normalized spacial score (nSPS) is 11.0. The Morgan fingerprint density at radius 2 is 1.96 bits per heavy atom. The fourth-order valence-corrected chi connectivity index (χ4v) is 4.54. The highest BCUT2D eigenvalue weighted by Crippen LogP contribution is 2.36. The van der Waals surface area contributed by atoms with E-state index in [9.17, 15) is 0 Å². The van der Waals surface area contributed by atoms with Gasteiger partial charge in [-0.15, -0.1) is 27.8 Å². The Labute approximate surface area is 148 Å². The van der Waals surface area contributed by atoms with Gasteiger partial charge in [-0.3, -0.25) is 0 Å². The number of anilines is 1. The van der Waals surface area contributed by atoms with E-state index in [0.29, 0.717) is 5.89 Å². The largest absolute Gasteiger partial charge is 0.404 e. The zero-order valence-electron chi connectivity index (χ0n) is 11.6. The van der Waals surface area contributed by atoms with Crippen LogP contribution in [0.15, 0.2) is 50.0 Å². The molecule has 0 fully saturated rings. The number of nitrogens with two attached hydrogens (primary N) is 1. The van der Waals surface area contributed by atoms with Crippen LogP contribution in [0.5, 0.6) is 0 Å². The van der Waals surface area contributed by atoms with E-state index in [-0.39, 0.29) is 6.01 Å². The molecule has 0 aliphatic heterocycles. The molecule has 2 N–H and O–H groups in total. The standard InChI is InChI=1S/C15H9BrN4OS2/c16-10-4-5-22-12(10)11-7-23-14(18-11)9-3-1-2-8(6-9)13-19-20-15(17)21-13/h1-7H,(H2,17,20). The summed E-state index contributed by atoms with van der Waals surface area (Å²) in [7, 11) is 0. The first-order valence-electron chi connectivity index (χ1n) is 6.59. The Morgan fingerprint density at radius 1 is 1.09 bits per heavy atom. The van der Waals surface area contributed by atoms with Crippen LogP contribution in [0.2, 0.25) is 0 Å². The maximum Gasteiger partial charge on any atom is 0.313 e. The molecule has 0 aliphatic rings. The van der Waals surface area contributed by atoms with Crippen molar-refractivity contribution in [1.29, 1.82) is 0 Å². The molecule has 3 heterocycles. The summed E-state index contributed by atoms with van der Waals surface area (Å²) in [4.78, 5) is 5.86. The molecular weight excluding hydrogens is 396 g/mol. The van der Waals surface area contributed by atoms with Gasteiger partial charge in [0.15, 0.2) is 0 Å². The Balaban J connectivity index is 1.72. The van der Waals surface area contributed by atoms with Crippen molar-refractivity contribution in [2.24, 2.45) is 0 Å². The molecule has 0 radical (unpaired) electrons. The molecule has 0 saturated heterocycles. The van der Waals surface area contributed by atoms with E-state index in [1.54, 1.807) is 22.7 Å². The Bertz CT molecular complexity index is 975. The second-order valence-electron chi connectivity index (χ2n) is 4.66. The zero-order chi connectivity index (χ0) is 15.8. The van der Waals surface area contributed by atoms with Gasteiger partial charge in [-0.05, 0) is 39.5 Å². The molecule has 1 aromatic carbocycles. The lowest BCUT2D eigenvalue weighted by molar-refractivity contribution is 0.590. The van der Waals surface area contributed by atoms with Gasteiger partial charge in [-0.1, -0.05) is 17.2 Å². The van der Waals surface area contributed by atoms with Crippen molar-refractivity contribution in [3.05, 3.63) is 45.6 Å². The van der Waals surface area contributed by atoms with Crippen LogP contribution in [0, 0.1) is 0 Å². The van der Waals surface area contributed by atoms with Crippen LogP contribution in [-0.4, -0.2) is 15.2 Å². The quantitative estimate of drug-likeness (QED) is 0.523. The minimum absolute atomic E-state index is 0.0597. The summed E-state index contributed by atoms with van der Waals surface area (Å²) in [5.74, 6) is 0.405. The molecule has 5 nitrogen and oxygen atoms in total. The average molecular weight is 405 g/mol. The first kappa shape index (κ1) is 14.6. The van der Waals surface area contributed by atoms with Crippen LogP contribution in [0.25, 0.3) is 32.6 Å². The highest BCUT2D eigenvalue weighted by Gasteiger charge is 2.12. The molecule has 4 aromatic rings. The summed E-state index contributed by atoms with van der Waals surface area (Å²) in [5, 5.41) is 12.6. The Morgan fingerprint density at radius 3 is 2.70 bits per heavy atom. The van der Waals surface area contributed by atoms with E-state index >= 15 is 0 Å². The summed E-state index contributed by atoms with van der Waals surface area (Å²) in [6.07, 6.45) is 0. The SMILES string of the molecule is Nc1nnc(-c2cccc(-c3nc(-c4sccc4Br)cs3)c2)o1. The van der Waals surface area contributed by atoms with E-state index in [2.05, 4.69) is 31.5 Å². The van der Waals surface area contributed by atoms with E-state index in [1.165, 1.54) is 0 Å². The minimum Gasteiger partial charge on any atom is -0.404 e. The van der Waals surface area contributed by atoms with Crippen LogP contribution in [0.1, 0.15) is 0 Å². The zero-order valence-corrected chi connectivity index (χ0v) is 14.8. The lowest BCUT2D eigenvalue weighted by Gasteiger charge is -1.99. The first-order valence-corrected chi connectivity index (χ1v) is 9.14. The predicted molar refractivity (Wildman–Crippen MR) is 96.3 cm³/mol. The molecule has 8 heteroatoms.